The monoisotopic (exact) mass is 1080 g/mol. The third-order valence-corrected chi connectivity index (χ3v) is 12.5. The number of phosphoric ester groups is 1. The predicted molar refractivity (Wildman–Crippen MR) is 316 cm³/mol. The number of carbonyl (C=O) groups excluding carboxylic acids is 3. The fourth-order valence-electron chi connectivity index (χ4n) is 7.24. The number of rotatable bonds is 52. The highest BCUT2D eigenvalue weighted by atomic mass is 31.2. The highest BCUT2D eigenvalue weighted by molar-refractivity contribution is 7.47. The highest BCUT2D eigenvalue weighted by Gasteiger charge is 2.28. The molecule has 0 aliphatic carbocycles. The molecule has 0 heterocycles. The summed E-state index contributed by atoms with van der Waals surface area (Å²) in [6, 6.07) is 0. The average Bonchev–Trinajstić information content (AvgIpc) is 3.41. The van der Waals surface area contributed by atoms with Crippen LogP contribution in [0.1, 0.15) is 213 Å². The van der Waals surface area contributed by atoms with E-state index in [9.17, 15) is 28.9 Å². The van der Waals surface area contributed by atoms with Crippen LogP contribution in [0.2, 0.25) is 0 Å². The Morgan fingerprint density at radius 3 is 1.03 bits per heavy atom. The minimum atomic E-state index is -4.78. The van der Waals surface area contributed by atoms with E-state index < -0.39 is 57.8 Å². The molecule has 0 aromatic carbocycles. The van der Waals surface area contributed by atoms with Gasteiger partial charge in [-0.25, -0.2) is 4.57 Å². The number of hydrogen-bond donors (Lipinski definition) is 2. The van der Waals surface area contributed by atoms with Crippen molar-refractivity contribution in [3.63, 3.8) is 0 Å². The maximum Gasteiger partial charge on any atom is 0.472 e. The summed E-state index contributed by atoms with van der Waals surface area (Å²) in [4.78, 5) is 48.6. The number of allylic oxidation sites excluding steroid dienone is 22. The van der Waals surface area contributed by atoms with Gasteiger partial charge in [0.15, 0.2) is 6.10 Å². The molecule has 0 radical (unpaired) electrons. The molecule has 3 atom stereocenters. The topological polar surface area (TPSA) is 155 Å². The standard InChI is InChI=1S/C64H103O11P/c1-4-7-10-13-16-19-22-25-28-30-33-35-38-41-44-47-50-53-62(66)71-57-61(75-64(68)55-52-49-46-43-40-37-34-31-29-26-23-20-17-14-11-8-5-2)59-73-76(69,70)72-58-60(56-65)74-63(67)54-51-48-45-42-39-36-32-27-24-21-18-15-12-9-6-3/h7-12,16-21,25-29,32-33,35,41,44,60-61,65H,4-6,13-15,22-24,30-31,34,36-40,42-43,45-59H2,1-3H3,(H,69,70)/b10-7-,11-8-,12-9-,19-16-,20-17-,21-18-,28-25-,29-26-,32-27-,35-33-,44-41-. The number of aliphatic hydroxyl groups excluding tert-OH is 1. The maximum atomic E-state index is 12.9. The quantitative estimate of drug-likeness (QED) is 0.0197. The molecule has 0 amide bonds. The Bertz CT molecular complexity index is 1780. The van der Waals surface area contributed by atoms with Crippen LogP contribution in [0, 0.1) is 0 Å². The molecule has 0 fully saturated rings. The summed E-state index contributed by atoms with van der Waals surface area (Å²) in [6.45, 7) is 4.20. The SMILES string of the molecule is CC/C=C\C/C=C\C/C=C\C/C=C\C/C=C\CCCC(=O)OCC(COP(=O)(O)OCC(CO)OC(=O)CCCCCCC/C=C\C/C=C\C/C=C\CC)OC(=O)CCCCCCCCC/C=C\C/C=C\C/C=C\CC. The van der Waals surface area contributed by atoms with E-state index in [1.165, 1.54) is 0 Å². The van der Waals surface area contributed by atoms with Crippen molar-refractivity contribution in [3.05, 3.63) is 134 Å². The molecule has 0 aromatic rings. The molecular weight excluding hydrogens is 976 g/mol. The fourth-order valence-corrected chi connectivity index (χ4v) is 8.03. The van der Waals surface area contributed by atoms with Crippen LogP contribution >= 0.6 is 7.82 Å². The molecule has 0 rings (SSSR count). The third kappa shape index (κ3) is 54.4. The van der Waals surface area contributed by atoms with Gasteiger partial charge in [0.1, 0.15) is 12.7 Å². The zero-order valence-corrected chi connectivity index (χ0v) is 48.3. The minimum Gasteiger partial charge on any atom is -0.462 e. The second-order valence-corrected chi connectivity index (χ2v) is 20.1. The van der Waals surface area contributed by atoms with Crippen LogP contribution in [-0.4, -0.2) is 66.5 Å². The van der Waals surface area contributed by atoms with Crippen LogP contribution in [0.15, 0.2) is 134 Å². The van der Waals surface area contributed by atoms with E-state index in [2.05, 4.69) is 148 Å². The first-order chi connectivity index (χ1) is 37.2. The van der Waals surface area contributed by atoms with Gasteiger partial charge in [0.05, 0.1) is 19.8 Å². The Balaban J connectivity index is 4.85. The summed E-state index contributed by atoms with van der Waals surface area (Å²) >= 11 is 0. The van der Waals surface area contributed by atoms with E-state index in [1.54, 1.807) is 0 Å². The first-order valence-corrected chi connectivity index (χ1v) is 30.6. The van der Waals surface area contributed by atoms with Gasteiger partial charge in [-0.2, -0.15) is 0 Å². The molecule has 12 heteroatoms. The zero-order valence-electron chi connectivity index (χ0n) is 47.4. The van der Waals surface area contributed by atoms with Gasteiger partial charge >= 0.3 is 25.7 Å². The number of esters is 3. The van der Waals surface area contributed by atoms with Gasteiger partial charge in [0, 0.05) is 19.3 Å². The first kappa shape index (κ1) is 71.6. The van der Waals surface area contributed by atoms with Crippen molar-refractivity contribution in [1.82, 2.24) is 0 Å². The van der Waals surface area contributed by atoms with Gasteiger partial charge < -0.3 is 24.2 Å². The Kier molecular flexibility index (Phi) is 53.5. The molecule has 0 bridgehead atoms. The molecule has 0 aliphatic rings. The summed E-state index contributed by atoms with van der Waals surface area (Å²) in [6.07, 6.45) is 71.3. The van der Waals surface area contributed by atoms with Gasteiger partial charge in [0.25, 0.3) is 0 Å². The Hall–Kier alpha value is -4.38. The summed E-state index contributed by atoms with van der Waals surface area (Å²) < 4.78 is 39.5. The normalized spacial score (nSPS) is 14.3. The second-order valence-electron chi connectivity index (χ2n) is 18.7. The van der Waals surface area contributed by atoms with Gasteiger partial charge in [-0.15, -0.1) is 0 Å². The first-order valence-electron chi connectivity index (χ1n) is 29.1. The van der Waals surface area contributed by atoms with Crippen molar-refractivity contribution in [2.45, 2.75) is 226 Å². The van der Waals surface area contributed by atoms with E-state index in [1.807, 2.05) is 6.08 Å². The number of phosphoric acid groups is 1. The maximum absolute atomic E-state index is 12.9. The van der Waals surface area contributed by atoms with Crippen LogP contribution < -0.4 is 0 Å². The summed E-state index contributed by atoms with van der Waals surface area (Å²) in [5, 5.41) is 9.82. The van der Waals surface area contributed by atoms with Crippen LogP contribution in [-0.2, 0) is 42.2 Å². The Morgan fingerprint density at radius 2 is 0.658 bits per heavy atom. The van der Waals surface area contributed by atoms with Crippen molar-refractivity contribution in [2.75, 3.05) is 26.4 Å². The van der Waals surface area contributed by atoms with Crippen molar-refractivity contribution in [3.8, 4) is 0 Å². The summed E-state index contributed by atoms with van der Waals surface area (Å²) in [5.41, 5.74) is 0. The van der Waals surface area contributed by atoms with Crippen molar-refractivity contribution < 1.29 is 52.2 Å². The lowest BCUT2D eigenvalue weighted by Crippen LogP contribution is -2.30. The van der Waals surface area contributed by atoms with Gasteiger partial charge in [-0.3, -0.25) is 23.4 Å². The molecule has 76 heavy (non-hydrogen) atoms. The molecule has 3 unspecified atom stereocenters. The van der Waals surface area contributed by atoms with Crippen molar-refractivity contribution >= 4 is 25.7 Å². The van der Waals surface area contributed by atoms with Crippen molar-refractivity contribution in [1.29, 1.82) is 0 Å². The number of aliphatic hydroxyl groups is 1. The van der Waals surface area contributed by atoms with E-state index in [4.69, 9.17) is 23.3 Å². The van der Waals surface area contributed by atoms with E-state index in [0.29, 0.717) is 25.7 Å². The van der Waals surface area contributed by atoms with Crippen LogP contribution in [0.25, 0.3) is 0 Å². The van der Waals surface area contributed by atoms with E-state index in [-0.39, 0.29) is 25.9 Å². The number of unbranched alkanes of at least 4 members (excludes halogenated alkanes) is 13. The fraction of sp³-hybridized carbons (Fsp3) is 0.609. The Morgan fingerprint density at radius 1 is 0.368 bits per heavy atom. The smallest absolute Gasteiger partial charge is 0.462 e. The van der Waals surface area contributed by atoms with Crippen molar-refractivity contribution in [2.24, 2.45) is 0 Å². The van der Waals surface area contributed by atoms with Gasteiger partial charge in [0.2, 0.25) is 0 Å². The average molecular weight is 1080 g/mol. The molecule has 0 saturated heterocycles. The molecule has 0 spiro atoms. The highest BCUT2D eigenvalue weighted by Crippen LogP contribution is 2.43. The third-order valence-electron chi connectivity index (χ3n) is 11.6. The Labute approximate surface area is 461 Å². The lowest BCUT2D eigenvalue weighted by molar-refractivity contribution is -0.161. The second kappa shape index (κ2) is 56.8. The summed E-state index contributed by atoms with van der Waals surface area (Å²) in [5.74, 6) is -1.58. The molecule has 0 aliphatic heterocycles. The van der Waals surface area contributed by atoms with Crippen LogP contribution in [0.3, 0.4) is 0 Å². The molecule has 430 valence electrons. The van der Waals surface area contributed by atoms with Gasteiger partial charge in [-0.05, 0) is 122 Å². The van der Waals surface area contributed by atoms with Crippen LogP contribution in [0.5, 0.6) is 0 Å². The lowest BCUT2D eigenvalue weighted by atomic mass is 10.1. The minimum absolute atomic E-state index is 0.135. The van der Waals surface area contributed by atoms with E-state index >= 15 is 0 Å². The zero-order chi connectivity index (χ0) is 55.5. The largest absolute Gasteiger partial charge is 0.472 e. The molecule has 2 N–H and O–H groups in total. The van der Waals surface area contributed by atoms with Gasteiger partial charge in [-0.1, -0.05) is 206 Å². The molecule has 11 nitrogen and oxygen atoms in total. The lowest BCUT2D eigenvalue weighted by Gasteiger charge is -2.21. The number of hydrogen-bond acceptors (Lipinski definition) is 10. The number of ether oxygens (including phenoxy) is 3. The predicted octanol–water partition coefficient (Wildman–Crippen LogP) is 17.4. The summed E-state index contributed by atoms with van der Waals surface area (Å²) in [7, 11) is -4.78. The van der Waals surface area contributed by atoms with Crippen LogP contribution in [0.4, 0.5) is 0 Å². The number of carbonyl (C=O) groups is 3. The molecule has 0 aromatic heterocycles. The van der Waals surface area contributed by atoms with E-state index in [0.717, 1.165) is 148 Å². The molecule has 0 saturated carbocycles. The molecular formula is C64H103O11P.